The SMILES string of the molecule is Cc1cc(-c2cc3c(c(OCc4ccccc4)c2)NC(=O)CC3)cn(C)c1=O.O=C1CCc2cc(Br)cc(OCc3ccccc3)c2N1. The molecule has 3 heterocycles. The number of nitrogens with zero attached hydrogens (tertiary/aromatic N) is 1. The molecule has 0 atom stereocenters. The number of carbonyl (C=O) groups excluding carboxylic acids is 2. The van der Waals surface area contributed by atoms with E-state index in [0.717, 1.165) is 55.6 Å². The highest BCUT2D eigenvalue weighted by Gasteiger charge is 2.22. The van der Waals surface area contributed by atoms with E-state index in [-0.39, 0.29) is 17.4 Å². The number of pyridine rings is 1. The lowest BCUT2D eigenvalue weighted by Gasteiger charge is -2.22. The van der Waals surface area contributed by atoms with Crippen LogP contribution in [0.25, 0.3) is 11.1 Å². The number of fused-ring (bicyclic) bond motifs is 2. The molecule has 48 heavy (non-hydrogen) atoms. The van der Waals surface area contributed by atoms with Gasteiger partial charge in [-0.15, -0.1) is 0 Å². The van der Waals surface area contributed by atoms with Gasteiger partial charge >= 0.3 is 0 Å². The van der Waals surface area contributed by atoms with Crippen LogP contribution in [0, 0.1) is 6.92 Å². The molecule has 0 unspecified atom stereocenters. The fourth-order valence-corrected chi connectivity index (χ4v) is 6.27. The zero-order valence-electron chi connectivity index (χ0n) is 26.8. The van der Waals surface area contributed by atoms with Crippen molar-refractivity contribution in [2.75, 3.05) is 10.6 Å². The summed E-state index contributed by atoms with van der Waals surface area (Å²) in [5, 5.41) is 5.86. The lowest BCUT2D eigenvalue weighted by molar-refractivity contribution is -0.117. The molecule has 7 rings (SSSR count). The number of carbonyl (C=O) groups is 2. The molecule has 0 saturated carbocycles. The van der Waals surface area contributed by atoms with Crippen molar-refractivity contribution >= 4 is 39.1 Å². The number of hydrogen-bond donors (Lipinski definition) is 2. The Balaban J connectivity index is 0.000000177. The molecular weight excluding hydrogens is 670 g/mol. The zero-order valence-corrected chi connectivity index (χ0v) is 28.4. The number of ether oxygens (including phenoxy) is 2. The molecule has 244 valence electrons. The van der Waals surface area contributed by atoms with Gasteiger partial charge in [-0.3, -0.25) is 14.4 Å². The minimum Gasteiger partial charge on any atom is -0.487 e. The second-order valence-electron chi connectivity index (χ2n) is 11.9. The highest BCUT2D eigenvalue weighted by Crippen LogP contribution is 2.38. The Hall–Kier alpha value is -5.15. The van der Waals surface area contributed by atoms with Crippen molar-refractivity contribution in [3.05, 3.63) is 140 Å². The maximum atomic E-state index is 12.0. The van der Waals surface area contributed by atoms with Crippen molar-refractivity contribution in [2.45, 2.75) is 45.8 Å². The molecule has 0 fully saturated rings. The largest absolute Gasteiger partial charge is 0.487 e. The second kappa shape index (κ2) is 14.7. The van der Waals surface area contributed by atoms with E-state index in [4.69, 9.17) is 9.47 Å². The van der Waals surface area contributed by atoms with Gasteiger partial charge in [0.25, 0.3) is 5.56 Å². The van der Waals surface area contributed by atoms with Gasteiger partial charge in [0.1, 0.15) is 24.7 Å². The van der Waals surface area contributed by atoms with Gasteiger partial charge in [0.05, 0.1) is 11.4 Å². The van der Waals surface area contributed by atoms with Crippen LogP contribution in [-0.2, 0) is 42.7 Å². The summed E-state index contributed by atoms with van der Waals surface area (Å²) in [5.74, 6) is 1.41. The topological polar surface area (TPSA) is 98.7 Å². The lowest BCUT2D eigenvalue weighted by Crippen LogP contribution is -2.20. The standard InChI is InChI=1S/C23H22N2O3.C16H14BrNO2/c1-15-10-19(13-25(2)23(15)27)18-11-17-8-9-21(26)24-22(17)20(12-18)28-14-16-6-4-3-5-7-16;17-13-8-12-6-7-15(19)18-16(12)14(9-13)20-10-11-4-2-1-3-5-11/h3-7,10-13H,8-9,14H2,1-2H3,(H,24,26);1-5,8-9H,6-7,10H2,(H,18,19). The number of halogens is 1. The number of nitrogens with one attached hydrogen (secondary N) is 2. The third-order valence-electron chi connectivity index (χ3n) is 8.27. The number of aryl methyl sites for hydroxylation is 4. The molecule has 5 aromatic rings. The smallest absolute Gasteiger partial charge is 0.253 e. The summed E-state index contributed by atoms with van der Waals surface area (Å²) in [6.07, 6.45) is 4.24. The molecule has 0 saturated heterocycles. The summed E-state index contributed by atoms with van der Waals surface area (Å²) in [6.45, 7) is 2.72. The first kappa shape index (κ1) is 32.8. The number of rotatable bonds is 7. The van der Waals surface area contributed by atoms with E-state index in [1.165, 1.54) is 0 Å². The fourth-order valence-electron chi connectivity index (χ4n) is 5.79. The highest BCUT2D eigenvalue weighted by atomic mass is 79.9. The van der Waals surface area contributed by atoms with Crippen LogP contribution >= 0.6 is 15.9 Å². The van der Waals surface area contributed by atoms with Gasteiger partial charge in [0, 0.05) is 36.1 Å². The first-order valence-electron chi connectivity index (χ1n) is 15.8. The average Bonchev–Trinajstić information content (AvgIpc) is 3.09. The number of anilines is 2. The van der Waals surface area contributed by atoms with Crippen LogP contribution in [0.1, 0.15) is 40.7 Å². The summed E-state index contributed by atoms with van der Waals surface area (Å²) in [6, 6.07) is 29.7. The third-order valence-corrected chi connectivity index (χ3v) is 8.73. The molecule has 1 aromatic heterocycles. The molecular formula is C39H36BrN3O5. The Morgan fingerprint density at radius 2 is 1.19 bits per heavy atom. The van der Waals surface area contributed by atoms with Crippen molar-refractivity contribution < 1.29 is 19.1 Å². The summed E-state index contributed by atoms with van der Waals surface area (Å²) >= 11 is 3.49. The lowest BCUT2D eigenvalue weighted by atomic mass is 9.96. The van der Waals surface area contributed by atoms with Crippen LogP contribution in [0.15, 0.2) is 106 Å². The first-order chi connectivity index (χ1) is 23.2. The van der Waals surface area contributed by atoms with E-state index in [1.807, 2.05) is 98.0 Å². The van der Waals surface area contributed by atoms with Crippen molar-refractivity contribution in [3.63, 3.8) is 0 Å². The monoisotopic (exact) mass is 705 g/mol. The fraction of sp³-hybridized carbons (Fsp3) is 0.205. The molecule has 0 spiro atoms. The molecule has 9 heteroatoms. The maximum Gasteiger partial charge on any atom is 0.253 e. The number of hydrogen-bond acceptors (Lipinski definition) is 5. The van der Waals surface area contributed by atoms with Crippen LogP contribution in [0.3, 0.4) is 0 Å². The normalized spacial score (nSPS) is 13.2. The van der Waals surface area contributed by atoms with Crippen LogP contribution in [0.4, 0.5) is 11.4 Å². The van der Waals surface area contributed by atoms with Gasteiger partial charge in [0.15, 0.2) is 0 Å². The third kappa shape index (κ3) is 7.86. The molecule has 2 aliphatic heterocycles. The van der Waals surface area contributed by atoms with E-state index >= 15 is 0 Å². The van der Waals surface area contributed by atoms with Crippen LogP contribution in [0.2, 0.25) is 0 Å². The minimum absolute atomic E-state index is 0.00256. The van der Waals surface area contributed by atoms with Crippen molar-refractivity contribution in [1.82, 2.24) is 4.57 Å². The minimum atomic E-state index is -0.00507. The average molecular weight is 707 g/mol. The summed E-state index contributed by atoms with van der Waals surface area (Å²) in [5.41, 5.74) is 8.48. The Morgan fingerprint density at radius 3 is 1.73 bits per heavy atom. The summed E-state index contributed by atoms with van der Waals surface area (Å²) < 4.78 is 14.5. The Labute approximate surface area is 287 Å². The van der Waals surface area contributed by atoms with Crippen LogP contribution < -0.4 is 25.7 Å². The summed E-state index contributed by atoms with van der Waals surface area (Å²) in [7, 11) is 1.75. The van der Waals surface area contributed by atoms with E-state index in [0.29, 0.717) is 49.5 Å². The van der Waals surface area contributed by atoms with Crippen molar-refractivity contribution in [3.8, 4) is 22.6 Å². The molecule has 0 bridgehead atoms. The molecule has 2 aliphatic rings. The Morgan fingerprint density at radius 1 is 0.667 bits per heavy atom. The van der Waals surface area contributed by atoms with Crippen LogP contribution in [-0.4, -0.2) is 16.4 Å². The highest BCUT2D eigenvalue weighted by molar-refractivity contribution is 9.10. The number of benzene rings is 4. The first-order valence-corrected chi connectivity index (χ1v) is 16.6. The van der Waals surface area contributed by atoms with Crippen molar-refractivity contribution in [1.29, 1.82) is 0 Å². The quantitative estimate of drug-likeness (QED) is 0.181. The zero-order chi connectivity index (χ0) is 33.6. The molecule has 2 amide bonds. The predicted molar refractivity (Wildman–Crippen MR) is 191 cm³/mol. The van der Waals surface area contributed by atoms with Crippen molar-refractivity contribution in [2.24, 2.45) is 7.05 Å². The van der Waals surface area contributed by atoms with Gasteiger partial charge in [-0.05, 0) is 83.5 Å². The van der Waals surface area contributed by atoms with E-state index < -0.39 is 0 Å². The van der Waals surface area contributed by atoms with Gasteiger partial charge in [-0.1, -0.05) is 76.6 Å². The Kier molecular flexibility index (Phi) is 10.1. The van der Waals surface area contributed by atoms with Gasteiger partial charge in [0.2, 0.25) is 11.8 Å². The summed E-state index contributed by atoms with van der Waals surface area (Å²) in [4.78, 5) is 35.5. The van der Waals surface area contributed by atoms with E-state index in [2.05, 4.69) is 32.6 Å². The molecule has 8 nitrogen and oxygen atoms in total. The van der Waals surface area contributed by atoms with Crippen LogP contribution in [0.5, 0.6) is 11.5 Å². The van der Waals surface area contributed by atoms with Gasteiger partial charge < -0.3 is 24.7 Å². The molecule has 2 N–H and O–H groups in total. The van der Waals surface area contributed by atoms with Gasteiger partial charge in [-0.25, -0.2) is 0 Å². The van der Waals surface area contributed by atoms with E-state index in [9.17, 15) is 14.4 Å². The number of amides is 2. The molecule has 0 aliphatic carbocycles. The maximum absolute atomic E-state index is 12.0. The van der Waals surface area contributed by atoms with E-state index in [1.54, 1.807) is 11.6 Å². The number of aromatic nitrogens is 1. The Bertz CT molecular complexity index is 2000. The predicted octanol–water partition coefficient (Wildman–Crippen LogP) is 7.74. The molecule has 0 radical (unpaired) electrons. The second-order valence-corrected chi connectivity index (χ2v) is 12.8. The van der Waals surface area contributed by atoms with Gasteiger partial charge in [-0.2, -0.15) is 0 Å². The molecule has 4 aromatic carbocycles.